The highest BCUT2D eigenvalue weighted by atomic mass is 32.2. The van der Waals surface area contributed by atoms with E-state index >= 15 is 4.79 Å². The van der Waals surface area contributed by atoms with Gasteiger partial charge in [0.15, 0.2) is 9.68 Å². The van der Waals surface area contributed by atoms with E-state index in [0.29, 0.717) is 70.6 Å². The Morgan fingerprint density at radius 2 is 1.91 bits per heavy atom. The number of nitrogens with one attached hydrogen (secondary N) is 2. The molecular formula is C48H67N9O6SSi3. The highest BCUT2D eigenvalue weighted by molar-refractivity contribution is 8.03. The summed E-state index contributed by atoms with van der Waals surface area (Å²) in [6.45, 7) is 17.1. The molecule has 9 rings (SSSR count). The first-order valence-electron chi connectivity index (χ1n) is 24.1. The Labute approximate surface area is 407 Å². The number of aromatic nitrogens is 2. The monoisotopic (exact) mass is 981 g/mol. The number of ether oxygens (including phenoxy) is 3. The maximum atomic E-state index is 15.0. The van der Waals surface area contributed by atoms with E-state index in [0.717, 1.165) is 83.6 Å². The quantitative estimate of drug-likeness (QED) is 0.243. The van der Waals surface area contributed by atoms with Gasteiger partial charge in [0, 0.05) is 98.9 Å². The molecule has 4 saturated heterocycles. The van der Waals surface area contributed by atoms with E-state index in [2.05, 4.69) is 108 Å². The number of piperazine rings is 1. The Kier molecular flexibility index (Phi) is 14.4. The third kappa shape index (κ3) is 9.90. The molecule has 0 aliphatic carbocycles. The SMILES string of the molecule is CCn1c(-c2cc(N3CCN(C)CC3)cnc2[C@H](C)OC)c2c3cc(ccc31)C1=CSC(C[C@H](C3(NC(=O)N4CCOC[Si][C@@H]4C)C[Si]3)C(=O)N3CCC[C@H]([Si]N3)C(=O)OCC(C)(C)C2)N1C. The predicted molar refractivity (Wildman–Crippen MR) is 268 cm³/mol. The number of cyclic esters (lactones) is 1. The van der Waals surface area contributed by atoms with Crippen LogP contribution in [0.5, 0.6) is 0 Å². The van der Waals surface area contributed by atoms with Crippen LogP contribution in [0.1, 0.15) is 76.8 Å². The van der Waals surface area contributed by atoms with Gasteiger partial charge in [-0.1, -0.05) is 19.9 Å². The molecule has 3 amide bonds. The second-order valence-corrected chi connectivity index (χ2v) is 25.3. The largest absolute Gasteiger partial charge is 0.465 e. The summed E-state index contributed by atoms with van der Waals surface area (Å²) in [5.41, 5.74) is 7.98. The van der Waals surface area contributed by atoms with Gasteiger partial charge in [-0.15, -0.1) is 11.8 Å². The van der Waals surface area contributed by atoms with Crippen LogP contribution in [0.4, 0.5) is 10.5 Å². The lowest BCUT2D eigenvalue weighted by Gasteiger charge is -2.37. The number of anilines is 1. The van der Waals surface area contributed by atoms with Gasteiger partial charge in [0.1, 0.15) is 9.52 Å². The zero-order valence-electron chi connectivity index (χ0n) is 40.4. The highest BCUT2D eigenvalue weighted by Gasteiger charge is 2.57. The number of carbonyl (C=O) groups excluding carboxylic acids is 3. The van der Waals surface area contributed by atoms with Crippen molar-refractivity contribution >= 4 is 80.7 Å². The third-order valence-electron chi connectivity index (χ3n) is 14.7. The average Bonchev–Trinajstić information content (AvgIpc) is 4.04. The van der Waals surface area contributed by atoms with Crippen LogP contribution in [0.3, 0.4) is 0 Å². The molecule has 358 valence electrons. The first-order chi connectivity index (χ1) is 32.2. The molecule has 2 aromatic heterocycles. The Morgan fingerprint density at radius 1 is 1.12 bits per heavy atom. The molecule has 0 saturated carbocycles. The summed E-state index contributed by atoms with van der Waals surface area (Å²) in [6, 6.07) is 9.82. The molecule has 6 aliphatic heterocycles. The molecule has 2 unspecified atom stereocenters. The van der Waals surface area contributed by atoms with Crippen molar-refractivity contribution in [1.82, 2.24) is 39.7 Å². The van der Waals surface area contributed by atoms with E-state index in [9.17, 15) is 9.59 Å². The summed E-state index contributed by atoms with van der Waals surface area (Å²) >= 11 is 1.75. The number of nitrogens with zero attached hydrogens (tertiary/aromatic N) is 7. The third-order valence-corrected chi connectivity index (χ3v) is 20.0. The molecular weight excluding hydrogens is 915 g/mol. The summed E-state index contributed by atoms with van der Waals surface area (Å²) in [6.07, 6.45) is 4.92. The van der Waals surface area contributed by atoms with Gasteiger partial charge in [-0.3, -0.25) is 24.7 Å². The fourth-order valence-electron chi connectivity index (χ4n) is 10.3. The molecule has 6 aliphatic rings. The second-order valence-electron chi connectivity index (χ2n) is 19.9. The number of amides is 3. The molecule has 2 N–H and O–H groups in total. The topological polar surface area (TPSA) is 137 Å². The lowest BCUT2D eigenvalue weighted by atomic mass is 9.84. The molecule has 8 heterocycles. The fraction of sp³-hybridized carbons (Fsp3) is 0.625. The van der Waals surface area contributed by atoms with Crippen molar-refractivity contribution in [2.45, 2.75) is 101 Å². The number of hydrogen-bond acceptors (Lipinski definition) is 12. The van der Waals surface area contributed by atoms with Gasteiger partial charge in [-0.2, -0.15) is 0 Å². The smallest absolute Gasteiger partial charge is 0.317 e. The first-order valence-corrected chi connectivity index (χ1v) is 28.6. The van der Waals surface area contributed by atoms with E-state index in [-0.39, 0.29) is 56.9 Å². The van der Waals surface area contributed by atoms with E-state index in [4.69, 9.17) is 19.2 Å². The number of urea groups is 1. The minimum atomic E-state index is -0.642. The molecule has 4 fully saturated rings. The van der Waals surface area contributed by atoms with E-state index in [1.54, 1.807) is 23.9 Å². The van der Waals surface area contributed by atoms with Crippen molar-refractivity contribution < 1.29 is 28.6 Å². The summed E-state index contributed by atoms with van der Waals surface area (Å²) < 4.78 is 20.5. The molecule has 67 heavy (non-hydrogen) atoms. The van der Waals surface area contributed by atoms with Gasteiger partial charge < -0.3 is 43.7 Å². The van der Waals surface area contributed by atoms with E-state index < -0.39 is 16.5 Å². The number of hydrogen-bond donors (Lipinski definition) is 2. The summed E-state index contributed by atoms with van der Waals surface area (Å²) in [5.74, 6) is -0.719. The van der Waals surface area contributed by atoms with Gasteiger partial charge in [-0.05, 0) is 94.3 Å². The summed E-state index contributed by atoms with van der Waals surface area (Å²) in [4.78, 5) is 57.5. The molecule has 3 aromatic rings. The van der Waals surface area contributed by atoms with Crippen LogP contribution in [-0.2, 0) is 36.8 Å². The van der Waals surface area contributed by atoms with Gasteiger partial charge in [0.2, 0.25) is 5.91 Å². The lowest BCUT2D eigenvalue weighted by molar-refractivity contribution is -0.146. The van der Waals surface area contributed by atoms with Crippen molar-refractivity contribution in [3.8, 4) is 11.3 Å². The van der Waals surface area contributed by atoms with Crippen molar-refractivity contribution in [2.75, 3.05) is 84.8 Å². The second kappa shape index (κ2) is 20.0. The van der Waals surface area contributed by atoms with Crippen molar-refractivity contribution in [1.29, 1.82) is 0 Å². The highest BCUT2D eigenvalue weighted by Crippen LogP contribution is 2.47. The van der Waals surface area contributed by atoms with Crippen LogP contribution < -0.4 is 15.3 Å². The maximum absolute atomic E-state index is 15.0. The van der Waals surface area contributed by atoms with Gasteiger partial charge in [0.05, 0.1) is 74.6 Å². The zero-order valence-corrected chi connectivity index (χ0v) is 44.3. The number of benzene rings is 1. The molecule has 1 aromatic carbocycles. The number of aryl methyl sites for hydroxylation is 1. The lowest BCUT2D eigenvalue weighted by Crippen LogP contribution is -2.58. The Bertz CT molecular complexity index is 2370. The molecule has 19 heteroatoms. The summed E-state index contributed by atoms with van der Waals surface area (Å²) in [5, 5.41) is 11.4. The minimum absolute atomic E-state index is 0.0114. The van der Waals surface area contributed by atoms with Crippen molar-refractivity contribution in [3.05, 3.63) is 52.7 Å². The fourth-order valence-corrected chi connectivity index (χ4v) is 14.8. The van der Waals surface area contributed by atoms with E-state index in [1.165, 1.54) is 5.56 Å². The molecule has 6 bridgehead atoms. The van der Waals surface area contributed by atoms with Crippen molar-refractivity contribution in [3.63, 3.8) is 0 Å². The molecule has 0 spiro atoms. The number of carbonyl (C=O) groups is 3. The van der Waals surface area contributed by atoms with Crippen LogP contribution in [0.25, 0.3) is 27.9 Å². The van der Waals surface area contributed by atoms with Crippen LogP contribution in [0.2, 0.25) is 11.6 Å². The number of methoxy groups -OCH3 is 1. The van der Waals surface area contributed by atoms with Crippen LogP contribution in [-0.4, -0.2) is 172 Å². The average molecular weight is 982 g/mol. The number of esters is 1. The number of rotatable bonds is 7. The van der Waals surface area contributed by atoms with Gasteiger partial charge >= 0.3 is 12.0 Å². The predicted octanol–water partition coefficient (Wildman–Crippen LogP) is 5.03. The summed E-state index contributed by atoms with van der Waals surface area (Å²) in [7, 11) is 6.98. The normalized spacial score (nSPS) is 28.1. The molecule has 15 nitrogen and oxygen atoms in total. The Balaban J connectivity index is 1.13. The Morgan fingerprint density at radius 3 is 2.66 bits per heavy atom. The number of thioether (sulfide) groups is 1. The number of fused-ring (bicyclic) bond motifs is 7. The minimum Gasteiger partial charge on any atom is -0.465 e. The van der Waals surface area contributed by atoms with Gasteiger partial charge in [0.25, 0.3) is 0 Å². The van der Waals surface area contributed by atoms with Crippen LogP contribution in [0.15, 0.2) is 35.9 Å². The van der Waals surface area contributed by atoms with Gasteiger partial charge in [-0.25, -0.2) is 4.79 Å². The van der Waals surface area contributed by atoms with Crippen LogP contribution in [0, 0.1) is 11.3 Å². The van der Waals surface area contributed by atoms with Crippen molar-refractivity contribution in [2.24, 2.45) is 11.3 Å². The first kappa shape index (κ1) is 48.3. The van der Waals surface area contributed by atoms with E-state index in [1.807, 2.05) is 11.1 Å². The zero-order chi connectivity index (χ0) is 47.2. The maximum Gasteiger partial charge on any atom is 0.317 e. The molecule has 6 radical (unpaired) electrons. The Hall–Kier alpha value is -3.70. The number of likely N-dealkylation sites (N-methyl/N-ethyl adjacent to an activating group) is 1. The number of pyridine rings is 1. The van der Waals surface area contributed by atoms with Crippen LogP contribution >= 0.6 is 11.8 Å². The molecule has 6 atom stereocenters. The number of hydrazine groups is 1. The standard InChI is InChI=1S/C48H67N9O6SSi3/c1-9-55-38-13-12-32-21-34(38)36(43(55)35-22-33(25-49-42(35)30(2)61-8)54-17-15-52(6)16-18-54)24-47(4,5)27-63-45(59)40-11-10-14-57(51-67-40)44(58)37(23-41-53(7)39(32)26-64-41)48(28-66-48)50-46(60)56-19-20-62-29-65-31(56)3/h12-13,21-22,25-26,30-31,37,40-41,51H,9-11,14-20,23-24,27-29H2,1-8H3,(H,50,60)/t30-,31+,37-,40-,41?,48?/m0/s1.